The topological polar surface area (TPSA) is 79.4 Å². The summed E-state index contributed by atoms with van der Waals surface area (Å²) in [5.74, 6) is 1.03. The summed E-state index contributed by atoms with van der Waals surface area (Å²) in [7, 11) is 0. The summed E-state index contributed by atoms with van der Waals surface area (Å²) in [5.41, 5.74) is 5.14. The van der Waals surface area contributed by atoms with E-state index in [0.29, 0.717) is 55.7 Å². The van der Waals surface area contributed by atoms with Crippen LogP contribution in [-0.2, 0) is 17.8 Å². The molecule has 0 saturated carbocycles. The lowest BCUT2D eigenvalue weighted by atomic mass is 10.1. The van der Waals surface area contributed by atoms with Crippen LogP contribution >= 0.6 is 0 Å². The van der Waals surface area contributed by atoms with E-state index >= 15 is 0 Å². The van der Waals surface area contributed by atoms with Gasteiger partial charge in [0.2, 0.25) is 5.95 Å². The molecular weight excluding hydrogens is 426 g/mol. The zero-order valence-corrected chi connectivity index (χ0v) is 19.8. The van der Waals surface area contributed by atoms with Crippen LogP contribution in [-0.4, -0.2) is 41.2 Å². The van der Waals surface area contributed by atoms with Crippen molar-refractivity contribution in [3.05, 3.63) is 82.5 Å². The van der Waals surface area contributed by atoms with E-state index in [1.807, 2.05) is 30.3 Å². The number of fused-ring (bicyclic) bond motifs is 2. The number of hydrogen-bond donors (Lipinski definition) is 2. The summed E-state index contributed by atoms with van der Waals surface area (Å²) < 4.78 is 5.72. The van der Waals surface area contributed by atoms with Gasteiger partial charge in [0, 0.05) is 19.3 Å². The van der Waals surface area contributed by atoms with E-state index in [4.69, 9.17) is 9.72 Å². The number of aryl methyl sites for hydroxylation is 2. The second kappa shape index (κ2) is 9.81. The van der Waals surface area contributed by atoms with Gasteiger partial charge < -0.3 is 20.3 Å². The number of carbonyl (C=O) groups is 1. The minimum absolute atomic E-state index is 0.192. The molecule has 2 bridgehead atoms. The van der Waals surface area contributed by atoms with Crippen molar-refractivity contribution in [1.29, 1.82) is 0 Å². The van der Waals surface area contributed by atoms with Crippen LogP contribution in [0.15, 0.2) is 54.7 Å². The van der Waals surface area contributed by atoms with Crippen LogP contribution in [0.5, 0.6) is 0 Å². The van der Waals surface area contributed by atoms with Gasteiger partial charge >= 0.3 is 0 Å². The molecule has 2 aromatic carbocycles. The summed E-state index contributed by atoms with van der Waals surface area (Å²) in [6, 6.07) is 16.9. The molecular formula is C27H31N5O2. The first-order valence-corrected chi connectivity index (χ1v) is 11.9. The fourth-order valence-corrected chi connectivity index (χ4v) is 4.73. The predicted octanol–water partition coefficient (Wildman–Crippen LogP) is 4.00. The van der Waals surface area contributed by atoms with Crippen LogP contribution in [0, 0.1) is 13.8 Å². The molecule has 7 nitrogen and oxygen atoms in total. The zero-order valence-electron chi connectivity index (χ0n) is 19.8. The van der Waals surface area contributed by atoms with Gasteiger partial charge in [0.25, 0.3) is 5.91 Å². The van der Waals surface area contributed by atoms with E-state index < -0.39 is 0 Å². The highest BCUT2D eigenvalue weighted by Crippen LogP contribution is 2.32. The minimum atomic E-state index is -0.192. The van der Waals surface area contributed by atoms with Crippen molar-refractivity contribution >= 4 is 17.7 Å². The molecule has 5 rings (SSSR count). The molecule has 2 saturated heterocycles. The molecule has 2 N–H and O–H groups in total. The number of anilines is 2. The molecule has 2 aliphatic rings. The van der Waals surface area contributed by atoms with Crippen LogP contribution in [0.2, 0.25) is 0 Å². The first kappa shape index (κ1) is 22.3. The van der Waals surface area contributed by atoms with Gasteiger partial charge in [-0.05, 0) is 48.9 Å². The van der Waals surface area contributed by atoms with Crippen LogP contribution in [0.3, 0.4) is 0 Å². The normalized spacial score (nSPS) is 19.2. The van der Waals surface area contributed by atoms with Crippen LogP contribution in [0.1, 0.15) is 45.5 Å². The summed E-state index contributed by atoms with van der Waals surface area (Å²) in [6.07, 6.45) is 3.82. The van der Waals surface area contributed by atoms with Gasteiger partial charge in [-0.3, -0.25) is 4.79 Å². The maximum atomic E-state index is 13.1. The molecule has 34 heavy (non-hydrogen) atoms. The van der Waals surface area contributed by atoms with E-state index in [0.717, 1.165) is 24.0 Å². The van der Waals surface area contributed by atoms with Gasteiger partial charge in [0.05, 0.1) is 25.3 Å². The molecule has 0 radical (unpaired) electrons. The molecule has 7 heteroatoms. The van der Waals surface area contributed by atoms with Crippen LogP contribution in [0.4, 0.5) is 11.8 Å². The lowest BCUT2D eigenvalue weighted by Gasteiger charge is -2.34. The highest BCUT2D eigenvalue weighted by Gasteiger charge is 2.39. The van der Waals surface area contributed by atoms with Crippen molar-refractivity contribution in [2.45, 2.75) is 51.9 Å². The Kier molecular flexibility index (Phi) is 6.45. The monoisotopic (exact) mass is 457 g/mol. The van der Waals surface area contributed by atoms with Crippen molar-refractivity contribution < 1.29 is 9.53 Å². The Morgan fingerprint density at radius 1 is 1.00 bits per heavy atom. The van der Waals surface area contributed by atoms with E-state index in [1.165, 1.54) is 11.1 Å². The number of nitrogens with zero attached hydrogens (tertiary/aromatic N) is 3. The van der Waals surface area contributed by atoms with E-state index in [-0.39, 0.29) is 5.91 Å². The second-order valence-electron chi connectivity index (χ2n) is 9.20. The van der Waals surface area contributed by atoms with E-state index in [1.54, 1.807) is 6.20 Å². The molecule has 0 spiro atoms. The number of amides is 1. The first-order valence-electron chi connectivity index (χ1n) is 11.9. The number of ether oxygens (including phenoxy) is 1. The highest BCUT2D eigenvalue weighted by molar-refractivity contribution is 5.98. The third-order valence-corrected chi connectivity index (χ3v) is 6.82. The maximum absolute atomic E-state index is 13.1. The Morgan fingerprint density at radius 3 is 2.50 bits per heavy atom. The molecule has 1 amide bonds. The number of morpholine rings is 1. The molecule has 3 heterocycles. The molecule has 2 unspecified atom stereocenters. The summed E-state index contributed by atoms with van der Waals surface area (Å²) >= 11 is 0. The maximum Gasteiger partial charge on any atom is 0.256 e. The van der Waals surface area contributed by atoms with Crippen LogP contribution in [0.25, 0.3) is 0 Å². The van der Waals surface area contributed by atoms with E-state index in [9.17, 15) is 4.79 Å². The Morgan fingerprint density at radius 2 is 1.76 bits per heavy atom. The van der Waals surface area contributed by atoms with Crippen molar-refractivity contribution in [3.8, 4) is 0 Å². The van der Waals surface area contributed by atoms with Gasteiger partial charge in [0.15, 0.2) is 0 Å². The lowest BCUT2D eigenvalue weighted by molar-refractivity contribution is 0.0896. The Hall–Kier alpha value is -3.45. The average molecular weight is 458 g/mol. The van der Waals surface area contributed by atoms with Gasteiger partial charge in [-0.2, -0.15) is 4.98 Å². The van der Waals surface area contributed by atoms with Gasteiger partial charge in [0.1, 0.15) is 11.4 Å². The number of nitrogens with one attached hydrogen (secondary N) is 2. The molecule has 0 aliphatic carbocycles. The first-order chi connectivity index (χ1) is 16.6. The lowest BCUT2D eigenvalue weighted by Crippen LogP contribution is -2.46. The smallest absolute Gasteiger partial charge is 0.256 e. The van der Waals surface area contributed by atoms with Gasteiger partial charge in [-0.1, -0.05) is 48.5 Å². The van der Waals surface area contributed by atoms with Crippen molar-refractivity contribution in [2.24, 2.45) is 0 Å². The summed E-state index contributed by atoms with van der Waals surface area (Å²) in [6.45, 7) is 6.64. The van der Waals surface area contributed by atoms with Crippen molar-refractivity contribution in [3.63, 3.8) is 0 Å². The molecule has 2 fully saturated rings. The number of rotatable bonds is 7. The summed E-state index contributed by atoms with van der Waals surface area (Å²) in [5, 5.41) is 6.42. The molecule has 2 aliphatic heterocycles. The van der Waals surface area contributed by atoms with Crippen molar-refractivity contribution in [2.75, 3.05) is 23.4 Å². The summed E-state index contributed by atoms with van der Waals surface area (Å²) in [4.78, 5) is 24.9. The number of hydrogen-bond acceptors (Lipinski definition) is 6. The largest absolute Gasteiger partial charge is 0.377 e. The fourth-order valence-electron chi connectivity index (χ4n) is 4.73. The Labute approximate surface area is 200 Å². The fraction of sp³-hybridized carbons (Fsp3) is 0.370. The Bertz CT molecular complexity index is 1150. The van der Waals surface area contributed by atoms with Crippen LogP contribution < -0.4 is 15.5 Å². The Balaban J connectivity index is 1.39. The SMILES string of the molecule is Cc1ccc(CNc2nc(N3C4CCC3COC4)ncc2C(=O)NCc2ccccc2)cc1C. The third kappa shape index (κ3) is 4.75. The van der Waals surface area contributed by atoms with Gasteiger partial charge in [-0.15, -0.1) is 0 Å². The standard InChI is InChI=1S/C27H31N5O2/c1-18-8-9-21(12-19(18)2)14-28-25-24(26(33)29-13-20-6-4-3-5-7-20)15-30-27(31-25)32-22-10-11-23(32)17-34-16-22/h3-9,12,15,22-23H,10-11,13-14,16-17H2,1-2H3,(H,29,33)(H,28,30,31). The highest BCUT2D eigenvalue weighted by atomic mass is 16.5. The van der Waals surface area contributed by atoms with E-state index in [2.05, 4.69) is 52.6 Å². The number of aromatic nitrogens is 2. The quantitative estimate of drug-likeness (QED) is 0.558. The number of benzene rings is 2. The molecule has 2 atom stereocenters. The molecule has 3 aromatic rings. The molecule has 1 aromatic heterocycles. The predicted molar refractivity (Wildman–Crippen MR) is 133 cm³/mol. The van der Waals surface area contributed by atoms with Crippen molar-refractivity contribution in [1.82, 2.24) is 15.3 Å². The average Bonchev–Trinajstić information content (AvgIpc) is 3.11. The second-order valence-corrected chi connectivity index (χ2v) is 9.20. The van der Waals surface area contributed by atoms with Gasteiger partial charge in [-0.25, -0.2) is 4.98 Å². The number of carbonyl (C=O) groups excluding carboxylic acids is 1. The zero-order chi connectivity index (χ0) is 23.5. The minimum Gasteiger partial charge on any atom is -0.377 e. The third-order valence-electron chi connectivity index (χ3n) is 6.82. The molecule has 176 valence electrons.